The van der Waals surface area contributed by atoms with E-state index in [0.29, 0.717) is 0 Å². The van der Waals surface area contributed by atoms with E-state index < -0.39 is 0 Å². The van der Waals surface area contributed by atoms with Crippen molar-refractivity contribution in [1.29, 1.82) is 0 Å². The lowest BCUT2D eigenvalue weighted by Crippen LogP contribution is -2.15. The first-order chi connectivity index (χ1) is 10.1. The number of nitrogens with zero attached hydrogens (tertiary/aromatic N) is 1. The quantitative estimate of drug-likeness (QED) is 0.611. The van der Waals surface area contributed by atoms with Gasteiger partial charge in [-0.25, -0.2) is 0 Å². The van der Waals surface area contributed by atoms with Crippen LogP contribution in [-0.2, 0) is 0 Å². The van der Waals surface area contributed by atoms with E-state index in [0.717, 1.165) is 11.4 Å². The Bertz CT molecular complexity index is 719. The maximum Gasteiger partial charge on any atom is 0.0412 e. The fourth-order valence-corrected chi connectivity index (χ4v) is 4.08. The van der Waals surface area contributed by atoms with Crippen molar-refractivity contribution in [2.75, 3.05) is 14.1 Å². The molecule has 0 bridgehead atoms. The summed E-state index contributed by atoms with van der Waals surface area (Å²) in [5.74, 6) is 0. The van der Waals surface area contributed by atoms with Crippen molar-refractivity contribution >= 4 is 28.9 Å². The molecule has 0 N–H and O–H groups in total. The van der Waals surface area contributed by atoms with Gasteiger partial charge in [0.2, 0.25) is 0 Å². The van der Waals surface area contributed by atoms with Crippen LogP contribution in [0.15, 0.2) is 58.0 Å². The molecule has 0 saturated heterocycles. The standard InChI is InChI=1S/C18H18ClNS/c1-4-15(20(2)3)18-13-7-5-6-8-16(13)21-17-10-9-12(19)11-14(17)18/h5-11H,4H2,1-3H3. The summed E-state index contributed by atoms with van der Waals surface area (Å²) in [6.07, 6.45) is 0.993. The van der Waals surface area contributed by atoms with E-state index in [1.165, 1.54) is 32.2 Å². The van der Waals surface area contributed by atoms with Crippen LogP contribution < -0.4 is 0 Å². The van der Waals surface area contributed by atoms with Crippen molar-refractivity contribution in [3.63, 3.8) is 0 Å². The number of hydrogen-bond donors (Lipinski definition) is 0. The molecular weight excluding hydrogens is 298 g/mol. The van der Waals surface area contributed by atoms with E-state index >= 15 is 0 Å². The molecule has 0 atom stereocenters. The van der Waals surface area contributed by atoms with Gasteiger partial charge in [0, 0.05) is 40.2 Å². The van der Waals surface area contributed by atoms with E-state index in [9.17, 15) is 0 Å². The van der Waals surface area contributed by atoms with Crippen LogP contribution in [0, 0.1) is 0 Å². The fourth-order valence-electron chi connectivity index (χ4n) is 2.84. The Balaban J connectivity index is 2.35. The lowest BCUT2D eigenvalue weighted by Gasteiger charge is -2.28. The minimum Gasteiger partial charge on any atom is -0.380 e. The molecule has 0 spiro atoms. The Morgan fingerprint density at radius 1 is 1.05 bits per heavy atom. The molecule has 1 nitrogen and oxygen atoms in total. The van der Waals surface area contributed by atoms with Gasteiger partial charge in [0.05, 0.1) is 0 Å². The normalized spacial score (nSPS) is 15.2. The second kappa shape index (κ2) is 5.78. The van der Waals surface area contributed by atoms with Crippen LogP contribution in [0.5, 0.6) is 0 Å². The molecular formula is C18H18ClNS. The molecule has 0 aliphatic carbocycles. The van der Waals surface area contributed by atoms with E-state index in [-0.39, 0.29) is 0 Å². The summed E-state index contributed by atoms with van der Waals surface area (Å²) < 4.78 is 0. The molecule has 108 valence electrons. The fraction of sp³-hybridized carbons (Fsp3) is 0.222. The predicted molar refractivity (Wildman–Crippen MR) is 92.0 cm³/mol. The maximum atomic E-state index is 6.25. The van der Waals surface area contributed by atoms with Crippen molar-refractivity contribution in [2.45, 2.75) is 23.1 Å². The monoisotopic (exact) mass is 315 g/mol. The van der Waals surface area contributed by atoms with Gasteiger partial charge in [-0.15, -0.1) is 0 Å². The Morgan fingerprint density at radius 2 is 1.76 bits per heavy atom. The van der Waals surface area contributed by atoms with E-state index in [1.807, 2.05) is 17.8 Å². The molecule has 21 heavy (non-hydrogen) atoms. The third-order valence-corrected chi connectivity index (χ3v) is 5.14. The van der Waals surface area contributed by atoms with Crippen molar-refractivity contribution in [3.8, 4) is 0 Å². The Kier molecular flexibility index (Phi) is 4.01. The first-order valence-corrected chi connectivity index (χ1v) is 8.29. The van der Waals surface area contributed by atoms with Gasteiger partial charge in [0.15, 0.2) is 0 Å². The van der Waals surface area contributed by atoms with Crippen molar-refractivity contribution < 1.29 is 0 Å². The topological polar surface area (TPSA) is 3.24 Å². The highest BCUT2D eigenvalue weighted by molar-refractivity contribution is 7.99. The minimum absolute atomic E-state index is 0.792. The Morgan fingerprint density at radius 3 is 2.48 bits per heavy atom. The SMILES string of the molecule is CCC(=C1c2ccccc2Sc2ccc(Cl)cc21)N(C)C. The van der Waals surface area contributed by atoms with Crippen molar-refractivity contribution in [1.82, 2.24) is 4.90 Å². The summed E-state index contributed by atoms with van der Waals surface area (Å²) in [4.78, 5) is 4.81. The molecule has 3 heteroatoms. The molecule has 0 fully saturated rings. The number of hydrogen-bond acceptors (Lipinski definition) is 2. The summed E-state index contributed by atoms with van der Waals surface area (Å²) in [6, 6.07) is 14.8. The van der Waals surface area contributed by atoms with Crippen LogP contribution in [0.1, 0.15) is 24.5 Å². The minimum atomic E-state index is 0.792. The molecule has 1 heterocycles. The molecule has 1 aliphatic heterocycles. The van der Waals surface area contributed by atoms with Gasteiger partial charge in [-0.1, -0.05) is 48.5 Å². The summed E-state index contributed by atoms with van der Waals surface area (Å²) in [5.41, 5.74) is 5.21. The second-order valence-corrected chi connectivity index (χ2v) is 6.83. The second-order valence-electron chi connectivity index (χ2n) is 5.31. The van der Waals surface area contributed by atoms with Gasteiger partial charge in [-0.2, -0.15) is 0 Å². The zero-order chi connectivity index (χ0) is 15.0. The van der Waals surface area contributed by atoms with Crippen LogP contribution in [0.4, 0.5) is 0 Å². The predicted octanol–water partition coefficient (Wildman–Crippen LogP) is 5.54. The Hall–Kier alpha value is -1.38. The molecule has 3 rings (SSSR count). The highest BCUT2D eigenvalue weighted by Gasteiger charge is 2.24. The van der Waals surface area contributed by atoms with Crippen LogP contribution in [0.25, 0.3) is 5.57 Å². The third-order valence-electron chi connectivity index (χ3n) is 3.75. The van der Waals surface area contributed by atoms with Gasteiger partial charge >= 0.3 is 0 Å². The van der Waals surface area contributed by atoms with E-state index in [2.05, 4.69) is 62.3 Å². The molecule has 2 aromatic carbocycles. The lowest BCUT2D eigenvalue weighted by atomic mass is 9.94. The Labute approximate surface area is 135 Å². The average Bonchev–Trinajstić information content (AvgIpc) is 2.47. The van der Waals surface area contributed by atoms with Crippen LogP contribution in [0.3, 0.4) is 0 Å². The van der Waals surface area contributed by atoms with Gasteiger partial charge in [0.1, 0.15) is 0 Å². The highest BCUT2D eigenvalue weighted by Crippen LogP contribution is 2.47. The first kappa shape index (κ1) is 14.6. The molecule has 0 aromatic heterocycles. The molecule has 0 radical (unpaired) electrons. The first-order valence-electron chi connectivity index (χ1n) is 7.09. The van der Waals surface area contributed by atoms with E-state index in [4.69, 9.17) is 11.6 Å². The summed E-state index contributed by atoms with van der Waals surface area (Å²) in [5, 5.41) is 0.792. The number of halogens is 1. The smallest absolute Gasteiger partial charge is 0.0412 e. The molecule has 0 amide bonds. The third kappa shape index (κ3) is 2.58. The van der Waals surface area contributed by atoms with E-state index in [1.54, 1.807) is 0 Å². The van der Waals surface area contributed by atoms with Crippen LogP contribution in [0.2, 0.25) is 5.02 Å². The lowest BCUT2D eigenvalue weighted by molar-refractivity contribution is 0.496. The number of fused-ring (bicyclic) bond motifs is 2. The molecule has 0 saturated carbocycles. The van der Waals surface area contributed by atoms with Gasteiger partial charge in [0.25, 0.3) is 0 Å². The average molecular weight is 316 g/mol. The van der Waals surface area contributed by atoms with Gasteiger partial charge in [-0.05, 0) is 41.8 Å². The van der Waals surface area contributed by atoms with Crippen molar-refractivity contribution in [2.24, 2.45) is 0 Å². The molecule has 2 aromatic rings. The zero-order valence-electron chi connectivity index (χ0n) is 12.5. The van der Waals surface area contributed by atoms with Crippen LogP contribution >= 0.6 is 23.4 Å². The number of rotatable bonds is 2. The zero-order valence-corrected chi connectivity index (χ0v) is 14.1. The van der Waals surface area contributed by atoms with Gasteiger partial charge < -0.3 is 4.90 Å². The summed E-state index contributed by atoms with van der Waals surface area (Å²) in [7, 11) is 4.22. The van der Waals surface area contributed by atoms with Crippen molar-refractivity contribution in [3.05, 3.63) is 64.3 Å². The molecule has 0 unspecified atom stereocenters. The number of allylic oxidation sites excluding steroid dienone is 1. The van der Waals surface area contributed by atoms with Gasteiger partial charge in [-0.3, -0.25) is 0 Å². The number of benzene rings is 2. The summed E-state index contributed by atoms with van der Waals surface area (Å²) in [6.45, 7) is 2.21. The highest BCUT2D eigenvalue weighted by atomic mass is 35.5. The largest absolute Gasteiger partial charge is 0.380 e. The maximum absolute atomic E-state index is 6.25. The van der Waals surface area contributed by atoms with Crippen LogP contribution in [-0.4, -0.2) is 19.0 Å². The molecule has 1 aliphatic rings. The summed E-state index contributed by atoms with van der Waals surface area (Å²) >= 11 is 8.07.